The number of aliphatic hydroxyl groups excluding tert-OH is 1. The van der Waals surface area contributed by atoms with Crippen LogP contribution in [0, 0.1) is 0 Å². The Labute approximate surface area is 93.1 Å². The van der Waals surface area contributed by atoms with Gasteiger partial charge in [0, 0.05) is 26.6 Å². The van der Waals surface area contributed by atoms with Crippen molar-refractivity contribution in [2.45, 2.75) is 18.9 Å². The minimum absolute atomic E-state index is 0.239. The molecule has 1 unspecified atom stereocenters. The summed E-state index contributed by atoms with van der Waals surface area (Å²) < 4.78 is 1.81. The van der Waals surface area contributed by atoms with E-state index in [2.05, 4.69) is 15.5 Å². The van der Waals surface area contributed by atoms with Crippen LogP contribution in [0.2, 0.25) is 0 Å². The lowest BCUT2D eigenvalue weighted by Crippen LogP contribution is -2.30. The third-order valence-corrected chi connectivity index (χ3v) is 2.12. The molecule has 0 aliphatic heterocycles. The third-order valence-electron chi connectivity index (χ3n) is 2.12. The number of carboxylic acids is 1. The molecular weight excluding hydrogens is 212 g/mol. The van der Waals surface area contributed by atoms with E-state index in [9.17, 15) is 9.90 Å². The van der Waals surface area contributed by atoms with Crippen LogP contribution >= 0.6 is 0 Å². The molecule has 1 heterocycles. The normalized spacial score (nSPS) is 12.6. The van der Waals surface area contributed by atoms with Crippen LogP contribution in [-0.4, -0.2) is 50.1 Å². The van der Waals surface area contributed by atoms with Gasteiger partial charge in [-0.2, -0.15) is 0 Å². The van der Waals surface area contributed by atoms with Gasteiger partial charge in [-0.25, -0.2) is 0 Å². The topological polar surface area (TPSA) is 100 Å². The van der Waals surface area contributed by atoms with E-state index in [1.807, 2.05) is 11.6 Å². The first-order valence-corrected chi connectivity index (χ1v) is 5.03. The molecule has 0 aliphatic carbocycles. The number of carbonyl (C=O) groups is 1. The molecule has 0 fully saturated rings. The molecule has 3 N–H and O–H groups in total. The summed E-state index contributed by atoms with van der Waals surface area (Å²) in [5, 5.41) is 28.3. The summed E-state index contributed by atoms with van der Waals surface area (Å²) in [5.41, 5.74) is 0. The van der Waals surface area contributed by atoms with Crippen molar-refractivity contribution >= 4 is 5.97 Å². The highest BCUT2D eigenvalue weighted by Crippen LogP contribution is 1.92. The zero-order chi connectivity index (χ0) is 12.0. The molecule has 0 aliphatic rings. The molecule has 0 radical (unpaired) electrons. The number of hydrogen-bond donors (Lipinski definition) is 3. The molecule has 7 heteroatoms. The average Bonchev–Trinajstić information content (AvgIpc) is 2.58. The Bertz CT molecular complexity index is 339. The molecule has 1 atom stereocenters. The smallest absolute Gasteiger partial charge is 0.306 e. The van der Waals surface area contributed by atoms with Gasteiger partial charge < -0.3 is 20.1 Å². The number of nitrogens with zero attached hydrogens (tertiary/aromatic N) is 3. The van der Waals surface area contributed by atoms with Gasteiger partial charge in [0.25, 0.3) is 0 Å². The summed E-state index contributed by atoms with van der Waals surface area (Å²) in [5.74, 6) is -0.150. The third kappa shape index (κ3) is 4.37. The maximum absolute atomic E-state index is 10.3. The number of hydrogen-bond acceptors (Lipinski definition) is 5. The fourth-order valence-corrected chi connectivity index (χ4v) is 1.28. The van der Waals surface area contributed by atoms with Crippen LogP contribution in [0.4, 0.5) is 0 Å². The van der Waals surface area contributed by atoms with Gasteiger partial charge in [-0.3, -0.25) is 4.79 Å². The average molecular weight is 228 g/mol. The number of aliphatic hydroxyl groups is 1. The van der Waals surface area contributed by atoms with Crippen LogP contribution in [0.15, 0.2) is 6.33 Å². The zero-order valence-corrected chi connectivity index (χ0v) is 9.13. The van der Waals surface area contributed by atoms with Gasteiger partial charge >= 0.3 is 5.97 Å². The first-order valence-electron chi connectivity index (χ1n) is 5.03. The van der Waals surface area contributed by atoms with Crippen LogP contribution in [0.25, 0.3) is 0 Å². The van der Waals surface area contributed by atoms with Crippen LogP contribution in [-0.2, 0) is 18.3 Å². The summed E-state index contributed by atoms with van der Waals surface area (Å²) in [7, 11) is 1.86. The maximum Gasteiger partial charge on any atom is 0.306 e. The highest BCUT2D eigenvalue weighted by molar-refractivity contribution is 5.67. The molecule has 0 saturated heterocycles. The second-order valence-electron chi connectivity index (χ2n) is 3.56. The summed E-state index contributed by atoms with van der Waals surface area (Å²) in [6.45, 7) is 0.896. The molecule has 0 saturated carbocycles. The summed E-state index contributed by atoms with van der Waals surface area (Å²) in [6.07, 6.45) is 1.22. The van der Waals surface area contributed by atoms with Crippen LogP contribution in [0.1, 0.15) is 12.2 Å². The molecule has 90 valence electrons. The van der Waals surface area contributed by atoms with E-state index < -0.39 is 12.1 Å². The number of rotatable bonds is 7. The Kier molecular flexibility index (Phi) is 4.87. The Morgan fingerprint density at radius 2 is 2.44 bits per heavy atom. The number of aromatic nitrogens is 3. The van der Waals surface area contributed by atoms with E-state index in [4.69, 9.17) is 5.11 Å². The van der Waals surface area contributed by atoms with Gasteiger partial charge in [-0.15, -0.1) is 10.2 Å². The number of carboxylic acid groups (broad SMARTS) is 1. The molecule has 7 nitrogen and oxygen atoms in total. The van der Waals surface area contributed by atoms with Crippen LogP contribution < -0.4 is 5.32 Å². The van der Waals surface area contributed by atoms with Crippen molar-refractivity contribution in [2.24, 2.45) is 7.05 Å². The van der Waals surface area contributed by atoms with E-state index in [0.717, 1.165) is 5.82 Å². The molecular formula is C9H16N4O3. The quantitative estimate of drug-likeness (QED) is 0.506. The fourth-order valence-electron chi connectivity index (χ4n) is 1.28. The standard InChI is InChI=1S/C9H16N4O3/c1-13-6-11-12-8(13)2-3-10-5-7(14)4-9(15)16/h6-7,10,14H,2-5H2,1H3,(H,15,16). The van der Waals surface area contributed by atoms with Gasteiger partial charge in [-0.1, -0.05) is 0 Å². The first-order chi connectivity index (χ1) is 7.59. The minimum Gasteiger partial charge on any atom is -0.481 e. The molecule has 1 aromatic heterocycles. The predicted octanol–water partition coefficient (Wildman–Crippen LogP) is -1.22. The maximum atomic E-state index is 10.3. The monoisotopic (exact) mass is 228 g/mol. The van der Waals surface area contributed by atoms with Crippen molar-refractivity contribution < 1.29 is 15.0 Å². The lowest BCUT2D eigenvalue weighted by Gasteiger charge is -2.08. The predicted molar refractivity (Wildman–Crippen MR) is 55.8 cm³/mol. The van der Waals surface area contributed by atoms with E-state index in [-0.39, 0.29) is 13.0 Å². The Hall–Kier alpha value is -1.47. The van der Waals surface area contributed by atoms with Crippen molar-refractivity contribution in [1.29, 1.82) is 0 Å². The SMILES string of the molecule is Cn1cnnc1CCNCC(O)CC(=O)O. The largest absolute Gasteiger partial charge is 0.481 e. The van der Waals surface area contributed by atoms with Crippen molar-refractivity contribution in [3.63, 3.8) is 0 Å². The molecule has 1 rings (SSSR count). The number of nitrogens with one attached hydrogen (secondary N) is 1. The van der Waals surface area contributed by atoms with E-state index >= 15 is 0 Å². The molecule has 0 bridgehead atoms. The van der Waals surface area contributed by atoms with Gasteiger partial charge in [0.2, 0.25) is 0 Å². The molecule has 0 spiro atoms. The summed E-state index contributed by atoms with van der Waals surface area (Å²) in [6, 6.07) is 0. The fraction of sp³-hybridized carbons (Fsp3) is 0.667. The zero-order valence-electron chi connectivity index (χ0n) is 9.13. The molecule has 0 amide bonds. The highest BCUT2D eigenvalue weighted by atomic mass is 16.4. The minimum atomic E-state index is -0.998. The molecule has 0 aromatic carbocycles. The van der Waals surface area contributed by atoms with Crippen molar-refractivity contribution in [3.8, 4) is 0 Å². The molecule has 16 heavy (non-hydrogen) atoms. The van der Waals surface area contributed by atoms with Gasteiger partial charge in [0.1, 0.15) is 12.2 Å². The number of aryl methyl sites for hydroxylation is 1. The Balaban J connectivity index is 2.12. The van der Waals surface area contributed by atoms with E-state index in [1.54, 1.807) is 6.33 Å². The van der Waals surface area contributed by atoms with Crippen LogP contribution in [0.5, 0.6) is 0 Å². The highest BCUT2D eigenvalue weighted by Gasteiger charge is 2.08. The summed E-state index contributed by atoms with van der Waals surface area (Å²) >= 11 is 0. The summed E-state index contributed by atoms with van der Waals surface area (Å²) in [4.78, 5) is 10.3. The lowest BCUT2D eigenvalue weighted by atomic mass is 10.2. The van der Waals surface area contributed by atoms with Crippen molar-refractivity contribution in [2.75, 3.05) is 13.1 Å². The Morgan fingerprint density at radius 1 is 1.69 bits per heavy atom. The van der Waals surface area contributed by atoms with Crippen molar-refractivity contribution in [1.82, 2.24) is 20.1 Å². The van der Waals surface area contributed by atoms with Gasteiger partial charge in [-0.05, 0) is 0 Å². The number of aliphatic carboxylic acids is 1. The first kappa shape index (κ1) is 12.6. The van der Waals surface area contributed by atoms with Gasteiger partial charge in [0.15, 0.2) is 0 Å². The second kappa shape index (κ2) is 6.19. The van der Waals surface area contributed by atoms with Crippen LogP contribution in [0.3, 0.4) is 0 Å². The van der Waals surface area contributed by atoms with E-state index in [0.29, 0.717) is 13.0 Å². The molecule has 1 aromatic rings. The lowest BCUT2D eigenvalue weighted by molar-refractivity contribution is -0.139. The van der Waals surface area contributed by atoms with Gasteiger partial charge in [0.05, 0.1) is 12.5 Å². The second-order valence-corrected chi connectivity index (χ2v) is 3.56. The Morgan fingerprint density at radius 3 is 3.00 bits per heavy atom. The van der Waals surface area contributed by atoms with E-state index in [1.165, 1.54) is 0 Å². The van der Waals surface area contributed by atoms with Crippen molar-refractivity contribution in [3.05, 3.63) is 12.2 Å².